The summed E-state index contributed by atoms with van der Waals surface area (Å²) >= 11 is 1.55. The van der Waals surface area contributed by atoms with Crippen molar-refractivity contribution in [1.82, 2.24) is 9.13 Å². The van der Waals surface area contributed by atoms with Gasteiger partial charge in [0.1, 0.15) is 0 Å². The SMILES string of the molecule is [U+2].[c-]1ccccc1-c1[c-]cccc1-c1ccc2c(c1)-c1cc(-c3ccc4c(c3)c3cc(-c5cccc(-c6ccc7c(c6)c6cc(-c8ccc9sc%10ccccc%10c9c8)ccc6n7-c6cccc(-c7ccccc7)c6)c5)ccc3n4-c3cccc4ccccc34)ccc1[I-]2. The van der Waals surface area contributed by atoms with Gasteiger partial charge in [-0.2, -0.15) is 0 Å². The molecule has 0 fully saturated rings. The Labute approximate surface area is 577 Å². The van der Waals surface area contributed by atoms with Crippen molar-refractivity contribution in [2.45, 2.75) is 0 Å². The standard InChI is InChI=1S/C88H52IN2S.U/c1-3-16-55(17-4-1)60-24-14-25-68(47-60)90-83-41-34-62(49-75(83)76-51-65(35-42-84(76)90)66-38-45-88-79(53-66)72-29-11-12-31-87(72)92-88)58-22-13-23-59(46-58)63-36-43-85-77(50-63)78-52-64(37-44-86(78)91(85)82-30-15-21-57-20-7-8-28-71(57)82)61-32-39-80-73(48-61)74-54-67(33-40-81(74)89-80)70-27-10-9-26-69(70)56-18-5-2-6-19-56;/h1-18,20-25,27-54H;/q-3;+2. The zero-order valence-electron chi connectivity index (χ0n) is 50.2. The van der Waals surface area contributed by atoms with E-state index in [1.165, 1.54) is 165 Å². The van der Waals surface area contributed by atoms with Crippen LogP contribution in [-0.4, -0.2) is 9.13 Å². The van der Waals surface area contributed by atoms with E-state index in [1.54, 1.807) is 0 Å². The van der Waals surface area contributed by atoms with Crippen molar-refractivity contribution >= 4 is 85.9 Å². The molecule has 0 radical (unpaired) electrons. The molecule has 3 aromatic heterocycles. The molecule has 0 bridgehead atoms. The van der Waals surface area contributed by atoms with Crippen LogP contribution in [0.1, 0.15) is 0 Å². The van der Waals surface area contributed by atoms with Crippen LogP contribution in [0.5, 0.6) is 0 Å². The molecule has 0 atom stereocenters. The summed E-state index contributed by atoms with van der Waals surface area (Å²) in [7, 11) is 0. The van der Waals surface area contributed by atoms with Crippen LogP contribution in [0.3, 0.4) is 0 Å². The second kappa shape index (κ2) is 22.8. The summed E-state index contributed by atoms with van der Waals surface area (Å²) in [5.74, 6) is 0. The number of hydrogen-bond acceptors (Lipinski definition) is 1. The molecule has 1 aliphatic heterocycles. The van der Waals surface area contributed by atoms with Gasteiger partial charge in [-0.1, -0.05) is 115 Å². The molecule has 15 aromatic carbocycles. The van der Waals surface area contributed by atoms with Crippen molar-refractivity contribution in [3.63, 3.8) is 0 Å². The molecule has 5 heteroatoms. The van der Waals surface area contributed by atoms with Crippen molar-refractivity contribution < 1.29 is 52.3 Å². The number of nitrogens with zero attached hydrogens (tertiary/aromatic N) is 2. The van der Waals surface area contributed by atoms with E-state index in [2.05, 4.69) is 319 Å². The Morgan fingerprint density at radius 3 is 1.44 bits per heavy atom. The quantitative estimate of drug-likeness (QED) is 0.101. The normalized spacial score (nSPS) is 12.0. The minimum atomic E-state index is -0.318. The van der Waals surface area contributed by atoms with Crippen LogP contribution in [0, 0.1) is 50.4 Å². The molecule has 432 valence electrons. The van der Waals surface area contributed by atoms with Crippen molar-refractivity contribution in [2.75, 3.05) is 0 Å². The first-order chi connectivity index (χ1) is 45.6. The average Bonchev–Trinajstić information content (AvgIpc) is 1.61. The first-order valence-electron chi connectivity index (χ1n) is 31.3. The fourth-order valence-electron chi connectivity index (χ4n) is 14.5. The molecule has 0 saturated heterocycles. The number of benzene rings is 15. The summed E-state index contributed by atoms with van der Waals surface area (Å²) in [5, 5.41) is 9.96. The van der Waals surface area contributed by atoms with Crippen LogP contribution in [-0.2, 0) is 0 Å². The third-order valence-corrected chi connectivity index (χ3v) is 23.1. The molecule has 18 aromatic rings. The van der Waals surface area contributed by atoms with Gasteiger partial charge in [-0.05, 0) is 88.0 Å². The molecule has 0 aliphatic carbocycles. The first kappa shape index (κ1) is 56.0. The molecule has 0 saturated carbocycles. The van der Waals surface area contributed by atoms with Gasteiger partial charge >= 0.3 is 316 Å². The van der Waals surface area contributed by atoms with Crippen LogP contribution < -0.4 is 21.2 Å². The molecular formula is C88H52IN2SU-. The molecule has 2 nitrogen and oxygen atoms in total. The molecule has 4 heterocycles. The second-order valence-corrected chi connectivity index (χ2v) is 28.1. The van der Waals surface area contributed by atoms with Gasteiger partial charge in [0, 0.05) is 36.6 Å². The number of thiophene rings is 1. The van der Waals surface area contributed by atoms with Gasteiger partial charge in [-0.3, -0.25) is 0 Å². The van der Waals surface area contributed by atoms with Crippen molar-refractivity contribution in [2.24, 2.45) is 0 Å². The summed E-state index contributed by atoms with van der Waals surface area (Å²) in [4.78, 5) is 0. The van der Waals surface area contributed by atoms with Crippen LogP contribution >= 0.6 is 11.3 Å². The number of fused-ring (bicyclic) bond motifs is 13. The summed E-state index contributed by atoms with van der Waals surface area (Å²) in [6.07, 6.45) is 0. The van der Waals surface area contributed by atoms with Crippen molar-refractivity contribution in [3.8, 4) is 100 Å². The van der Waals surface area contributed by atoms with Gasteiger partial charge in [0.25, 0.3) is 0 Å². The van der Waals surface area contributed by atoms with Crippen molar-refractivity contribution in [3.05, 3.63) is 335 Å². The van der Waals surface area contributed by atoms with E-state index in [1.807, 2.05) is 29.5 Å². The van der Waals surface area contributed by atoms with E-state index in [0.29, 0.717) is 0 Å². The maximum atomic E-state index is 3.54. The average molecular weight is 1530 g/mol. The Morgan fingerprint density at radius 1 is 0.280 bits per heavy atom. The van der Waals surface area contributed by atoms with E-state index in [0.717, 1.165) is 16.8 Å². The number of halogens is 1. The molecule has 0 N–H and O–H groups in total. The fourth-order valence-corrected chi connectivity index (χ4v) is 18.4. The molecule has 0 amide bonds. The van der Waals surface area contributed by atoms with E-state index in [9.17, 15) is 0 Å². The Morgan fingerprint density at radius 2 is 0.763 bits per heavy atom. The number of hydrogen-bond donors (Lipinski definition) is 0. The molecule has 0 spiro atoms. The molecule has 0 unspecified atom stereocenters. The molecule has 19 rings (SSSR count). The van der Waals surface area contributed by atoms with Crippen LogP contribution in [0.4, 0.5) is 0 Å². The van der Waals surface area contributed by atoms with Crippen LogP contribution in [0.25, 0.3) is 175 Å². The van der Waals surface area contributed by atoms with Gasteiger partial charge in [-0.25, -0.2) is 0 Å². The number of aromatic nitrogens is 2. The van der Waals surface area contributed by atoms with Gasteiger partial charge in [-0.15, -0.1) is 11.3 Å². The van der Waals surface area contributed by atoms with Gasteiger partial charge in [0.15, 0.2) is 0 Å². The zero-order valence-corrected chi connectivity index (χ0v) is 57.3. The van der Waals surface area contributed by atoms with Crippen molar-refractivity contribution in [1.29, 1.82) is 0 Å². The predicted molar refractivity (Wildman–Crippen MR) is 384 cm³/mol. The van der Waals surface area contributed by atoms with E-state index in [-0.39, 0.29) is 52.3 Å². The Kier molecular flexibility index (Phi) is 13.7. The molecule has 93 heavy (non-hydrogen) atoms. The Balaban J connectivity index is 0.00000637. The van der Waals surface area contributed by atoms with Gasteiger partial charge in [0.2, 0.25) is 0 Å². The fraction of sp³-hybridized carbons (Fsp3) is 0. The van der Waals surface area contributed by atoms with Crippen LogP contribution in [0.2, 0.25) is 0 Å². The monoisotopic (exact) mass is 1530 g/mol. The van der Waals surface area contributed by atoms with Gasteiger partial charge < -0.3 is 4.57 Å². The summed E-state index contributed by atoms with van der Waals surface area (Å²) < 4.78 is 10.5. The third kappa shape index (κ3) is 9.47. The maximum absolute atomic E-state index is 3.54. The first-order valence-corrected chi connectivity index (χ1v) is 34.3. The zero-order chi connectivity index (χ0) is 60.4. The van der Waals surface area contributed by atoms with Gasteiger partial charge in [0.05, 0.1) is 11.0 Å². The Bertz CT molecular complexity index is 6050. The number of rotatable bonds is 9. The molecular weight excluding hydrogens is 1480 g/mol. The summed E-state index contributed by atoms with van der Waals surface area (Å²) in [5.41, 5.74) is 26.2. The second-order valence-electron chi connectivity index (χ2n) is 24.1. The van der Waals surface area contributed by atoms with E-state index in [4.69, 9.17) is 0 Å². The predicted octanol–water partition coefficient (Wildman–Crippen LogP) is 20.8. The summed E-state index contributed by atoms with van der Waals surface area (Å²) in [6.45, 7) is 0. The van der Waals surface area contributed by atoms with E-state index >= 15 is 0 Å². The summed E-state index contributed by atoms with van der Waals surface area (Å²) in [6, 6.07) is 124. The van der Waals surface area contributed by atoms with Crippen LogP contribution in [0.15, 0.2) is 315 Å². The topological polar surface area (TPSA) is 9.86 Å². The molecule has 1 aliphatic rings. The Hall–Kier alpha value is -9.84. The third-order valence-electron chi connectivity index (χ3n) is 18.9. The van der Waals surface area contributed by atoms with E-state index < -0.39 is 0 Å². The minimum absolute atomic E-state index is 0.